The molecule has 0 bridgehead atoms. The van der Waals surface area contributed by atoms with Crippen molar-refractivity contribution in [3.63, 3.8) is 0 Å². The Kier molecular flexibility index (Phi) is 6.23. The van der Waals surface area contributed by atoms with Crippen molar-refractivity contribution in [2.75, 3.05) is 18.6 Å². The predicted octanol–water partition coefficient (Wildman–Crippen LogP) is 0.781. The molecule has 0 radical (unpaired) electrons. The van der Waals surface area contributed by atoms with Crippen LogP contribution in [-0.2, 0) is 19.2 Å². The molecule has 1 saturated heterocycles. The summed E-state index contributed by atoms with van der Waals surface area (Å²) in [6.07, 6.45) is 4.32. The molecule has 29 heavy (non-hydrogen) atoms. The van der Waals surface area contributed by atoms with Crippen molar-refractivity contribution < 1.29 is 24.3 Å². The van der Waals surface area contributed by atoms with Gasteiger partial charge in [0, 0.05) is 11.1 Å². The molecule has 1 aromatic rings. The molecule has 2 aliphatic rings. The number of oxime groups is 1. The van der Waals surface area contributed by atoms with Crippen LogP contribution >= 0.6 is 23.1 Å². The number of thioether (sulfide) groups is 1. The summed E-state index contributed by atoms with van der Waals surface area (Å²) in [5.74, 6) is -1.91. The number of aromatic nitrogens is 1. The predicted molar refractivity (Wildman–Crippen MR) is 109 cm³/mol. The molecular weight excluding hydrogens is 418 g/mol. The van der Waals surface area contributed by atoms with Crippen LogP contribution in [0.1, 0.15) is 19.0 Å². The number of aliphatic carboxylic acids is 1. The van der Waals surface area contributed by atoms with E-state index in [1.165, 1.54) is 23.8 Å². The first-order chi connectivity index (χ1) is 13.9. The van der Waals surface area contributed by atoms with Crippen LogP contribution in [0, 0.1) is 0 Å². The molecule has 0 spiro atoms. The van der Waals surface area contributed by atoms with Gasteiger partial charge < -0.3 is 21.0 Å². The van der Waals surface area contributed by atoms with Crippen LogP contribution in [0.15, 0.2) is 34.0 Å². The summed E-state index contributed by atoms with van der Waals surface area (Å²) < 4.78 is 0. The maximum atomic E-state index is 12.7. The third-order valence-electron chi connectivity index (χ3n) is 4.20. The quantitative estimate of drug-likeness (QED) is 0.322. The van der Waals surface area contributed by atoms with Crippen LogP contribution in [0.25, 0.3) is 0 Å². The van der Waals surface area contributed by atoms with Gasteiger partial charge in [-0.1, -0.05) is 24.2 Å². The molecule has 12 heteroatoms. The van der Waals surface area contributed by atoms with Crippen molar-refractivity contribution in [2.45, 2.75) is 24.8 Å². The maximum Gasteiger partial charge on any atom is 0.352 e. The lowest BCUT2D eigenvalue weighted by Crippen LogP contribution is -2.71. The summed E-state index contributed by atoms with van der Waals surface area (Å²) in [4.78, 5) is 47.0. The molecule has 1 aromatic heterocycles. The van der Waals surface area contributed by atoms with Crippen LogP contribution in [0.4, 0.5) is 5.13 Å². The Hall–Kier alpha value is -2.86. The van der Waals surface area contributed by atoms with Gasteiger partial charge in [0.2, 0.25) is 0 Å². The molecule has 0 aliphatic carbocycles. The van der Waals surface area contributed by atoms with Crippen molar-refractivity contribution in [3.05, 3.63) is 34.5 Å². The van der Waals surface area contributed by atoms with Crippen molar-refractivity contribution in [1.29, 1.82) is 0 Å². The number of carbonyl (C=O) groups excluding carboxylic acids is 2. The van der Waals surface area contributed by atoms with Crippen molar-refractivity contribution in [3.8, 4) is 0 Å². The minimum Gasteiger partial charge on any atom is -0.477 e. The molecule has 154 valence electrons. The fraction of sp³-hybridized carbons (Fsp3) is 0.353. The van der Waals surface area contributed by atoms with Crippen LogP contribution in [0.2, 0.25) is 0 Å². The van der Waals surface area contributed by atoms with E-state index in [1.54, 1.807) is 11.5 Å². The van der Waals surface area contributed by atoms with Crippen LogP contribution in [0.5, 0.6) is 0 Å². The van der Waals surface area contributed by atoms with Crippen molar-refractivity contribution in [1.82, 2.24) is 15.2 Å². The van der Waals surface area contributed by atoms with Gasteiger partial charge in [0.15, 0.2) is 10.8 Å². The molecule has 2 atom stereocenters. The number of nitrogens with zero attached hydrogens (tertiary/aromatic N) is 3. The van der Waals surface area contributed by atoms with E-state index in [1.807, 2.05) is 13.0 Å². The molecule has 10 nitrogen and oxygen atoms in total. The average molecular weight is 438 g/mol. The highest BCUT2D eigenvalue weighted by Crippen LogP contribution is 2.40. The molecule has 1 fully saturated rings. The number of carboxylic acids is 1. The molecule has 4 N–H and O–H groups in total. The van der Waals surface area contributed by atoms with E-state index in [0.717, 1.165) is 17.8 Å². The number of nitrogen functional groups attached to an aromatic ring is 1. The molecule has 2 aliphatic heterocycles. The maximum absolute atomic E-state index is 12.7. The van der Waals surface area contributed by atoms with Crippen LogP contribution < -0.4 is 11.1 Å². The number of amides is 2. The summed E-state index contributed by atoms with van der Waals surface area (Å²) >= 11 is 2.52. The van der Waals surface area contributed by atoms with Crippen LogP contribution in [-0.4, -0.2) is 62.8 Å². The Balaban J connectivity index is 1.80. The van der Waals surface area contributed by atoms with Gasteiger partial charge in [-0.3, -0.25) is 14.5 Å². The van der Waals surface area contributed by atoms with Gasteiger partial charge in [-0.15, -0.1) is 23.1 Å². The second-order valence-corrected chi connectivity index (χ2v) is 8.04. The minimum atomic E-state index is -1.18. The smallest absolute Gasteiger partial charge is 0.352 e. The summed E-state index contributed by atoms with van der Waals surface area (Å²) in [6, 6.07) is -0.878. The number of allylic oxidation sites excluding steroid dienone is 2. The number of hydrogen-bond acceptors (Lipinski definition) is 9. The van der Waals surface area contributed by atoms with Gasteiger partial charge in [0.05, 0.1) is 0 Å². The molecule has 0 saturated carbocycles. The molecule has 2 amide bonds. The normalized spacial score (nSPS) is 21.8. The molecule has 2 unspecified atom stereocenters. The standard InChI is InChI=1S/C17H19N5O5S2/c1-3-4-5-8-6-28-15-11(14(24)22(15)12(8)16(25)26)20-13(23)10(21-27-2)9-7-29-17(18)19-9/h4-5,7,11,15H,3,6H2,1-2H3,(H2,18,19)(H,20,23)(H,25,26)/b5-4+,21-10-. The number of fused-ring (bicyclic) bond motifs is 1. The molecule has 3 rings (SSSR count). The summed E-state index contributed by atoms with van der Waals surface area (Å²) in [5, 5.41) is 17.2. The minimum absolute atomic E-state index is 0.0491. The SMILES string of the molecule is CC/C=C/C1=C(C(=O)O)N2C(=O)C(NC(=O)/C(=N\OC)c3csc(N)n3)C2SC1. The first-order valence-electron chi connectivity index (χ1n) is 8.60. The second-order valence-electron chi connectivity index (χ2n) is 6.04. The first-order valence-corrected chi connectivity index (χ1v) is 10.5. The van der Waals surface area contributed by atoms with Gasteiger partial charge in [-0.05, 0) is 12.0 Å². The molecular formula is C17H19N5O5S2. The summed E-state index contributed by atoms with van der Waals surface area (Å²) in [6.45, 7) is 1.94. The highest BCUT2D eigenvalue weighted by Gasteiger charge is 2.54. The monoisotopic (exact) mass is 437 g/mol. The van der Waals surface area contributed by atoms with Crippen molar-refractivity contribution in [2.24, 2.45) is 5.16 Å². The topological polar surface area (TPSA) is 147 Å². The van der Waals surface area contributed by atoms with E-state index < -0.39 is 29.2 Å². The highest BCUT2D eigenvalue weighted by atomic mass is 32.2. The highest BCUT2D eigenvalue weighted by molar-refractivity contribution is 8.00. The Morgan fingerprint density at radius 3 is 2.90 bits per heavy atom. The number of rotatable bonds is 7. The van der Waals surface area contributed by atoms with E-state index in [-0.39, 0.29) is 22.2 Å². The third-order valence-corrected chi connectivity index (χ3v) is 6.18. The number of nitrogens with two attached hydrogens (primary N) is 1. The number of carbonyl (C=O) groups is 3. The number of nitrogens with one attached hydrogen (secondary N) is 1. The fourth-order valence-corrected chi connectivity index (χ4v) is 4.80. The number of anilines is 1. The van der Waals surface area contributed by atoms with Gasteiger partial charge in [-0.2, -0.15) is 0 Å². The average Bonchev–Trinajstić information content (AvgIpc) is 3.13. The number of hydrogen-bond donors (Lipinski definition) is 3. The zero-order chi connectivity index (χ0) is 21.1. The van der Waals surface area contributed by atoms with Gasteiger partial charge in [-0.25, -0.2) is 9.78 Å². The van der Waals surface area contributed by atoms with E-state index in [9.17, 15) is 19.5 Å². The van der Waals surface area contributed by atoms with Gasteiger partial charge in [0.1, 0.15) is 29.9 Å². The number of β-lactam (4-membered cyclic amide) rings is 1. The molecule has 3 heterocycles. The first kappa shape index (κ1) is 20.9. The lowest BCUT2D eigenvalue weighted by atomic mass is 10.0. The molecule has 0 aromatic carbocycles. The van der Waals surface area contributed by atoms with E-state index in [2.05, 4.69) is 15.5 Å². The lowest BCUT2D eigenvalue weighted by molar-refractivity contribution is -0.150. The van der Waals surface area contributed by atoms with E-state index in [4.69, 9.17) is 10.6 Å². The number of thiazole rings is 1. The summed E-state index contributed by atoms with van der Waals surface area (Å²) in [7, 11) is 1.28. The zero-order valence-electron chi connectivity index (χ0n) is 15.6. The Labute approximate surface area is 174 Å². The second kappa shape index (κ2) is 8.66. The largest absolute Gasteiger partial charge is 0.477 e. The Morgan fingerprint density at radius 2 is 2.31 bits per heavy atom. The van der Waals surface area contributed by atoms with Crippen LogP contribution in [0.3, 0.4) is 0 Å². The van der Waals surface area contributed by atoms with Gasteiger partial charge in [0.25, 0.3) is 11.8 Å². The fourth-order valence-electron chi connectivity index (χ4n) is 2.93. The summed E-state index contributed by atoms with van der Waals surface area (Å²) in [5.41, 5.74) is 6.23. The number of carboxylic acid groups (broad SMARTS) is 1. The Morgan fingerprint density at radius 1 is 1.55 bits per heavy atom. The zero-order valence-corrected chi connectivity index (χ0v) is 17.2. The van der Waals surface area contributed by atoms with Crippen molar-refractivity contribution >= 4 is 51.7 Å². The van der Waals surface area contributed by atoms with E-state index >= 15 is 0 Å². The van der Waals surface area contributed by atoms with E-state index in [0.29, 0.717) is 11.3 Å². The lowest BCUT2D eigenvalue weighted by Gasteiger charge is -2.49. The van der Waals surface area contributed by atoms with Gasteiger partial charge >= 0.3 is 5.97 Å². The third kappa shape index (κ3) is 3.98. The Bertz CT molecular complexity index is 938.